The Kier molecular flexibility index (Phi) is 6.84. The Morgan fingerprint density at radius 1 is 1.11 bits per heavy atom. The quantitative estimate of drug-likeness (QED) is 0.229. The van der Waals surface area contributed by atoms with Crippen LogP contribution in [0, 0.1) is 22.4 Å². The van der Waals surface area contributed by atoms with Gasteiger partial charge in [-0.2, -0.15) is 13.2 Å². The molecule has 1 aliphatic heterocycles. The van der Waals surface area contributed by atoms with Gasteiger partial charge in [0.25, 0.3) is 11.6 Å². The van der Waals surface area contributed by atoms with Gasteiger partial charge in [-0.25, -0.2) is 0 Å². The Hall–Kier alpha value is -4.12. The number of hydrogen-bond donors (Lipinski definition) is 1. The smallest absolute Gasteiger partial charge is 0.416 e. The fourth-order valence-corrected chi connectivity index (χ4v) is 4.39. The maximum atomic E-state index is 13.1. The van der Waals surface area contributed by atoms with Crippen molar-refractivity contribution in [3.63, 3.8) is 0 Å². The number of non-ortho nitro benzene ring substituents is 1. The van der Waals surface area contributed by atoms with E-state index >= 15 is 0 Å². The van der Waals surface area contributed by atoms with Gasteiger partial charge in [0.15, 0.2) is 5.17 Å². The van der Waals surface area contributed by atoms with Crippen molar-refractivity contribution in [3.05, 3.63) is 104 Å². The molecule has 1 saturated heterocycles. The van der Waals surface area contributed by atoms with Crippen molar-refractivity contribution < 1.29 is 27.6 Å². The van der Waals surface area contributed by atoms with Gasteiger partial charge in [0.1, 0.15) is 12.4 Å². The van der Waals surface area contributed by atoms with Crippen LogP contribution in [0.25, 0.3) is 6.08 Å². The average molecular weight is 513 g/mol. The summed E-state index contributed by atoms with van der Waals surface area (Å²) in [6, 6.07) is 15.6. The zero-order chi connectivity index (χ0) is 26.0. The van der Waals surface area contributed by atoms with E-state index in [4.69, 9.17) is 10.1 Å². The van der Waals surface area contributed by atoms with Gasteiger partial charge in [0, 0.05) is 17.7 Å². The number of anilines is 1. The SMILES string of the molecule is Cc1cccc(COc2ccc([N+](=O)[O-])cc2/C=C2\SC(=N)N(c3cccc(C(F)(F)F)c3)C2=O)c1. The van der Waals surface area contributed by atoms with Gasteiger partial charge in [0.2, 0.25) is 0 Å². The molecule has 1 fully saturated rings. The third-order valence-electron chi connectivity index (χ3n) is 5.22. The summed E-state index contributed by atoms with van der Waals surface area (Å²) in [7, 11) is 0. The molecule has 184 valence electrons. The molecule has 0 atom stereocenters. The van der Waals surface area contributed by atoms with E-state index in [-0.39, 0.29) is 39.4 Å². The predicted octanol–water partition coefficient (Wildman–Crippen LogP) is 6.56. The lowest BCUT2D eigenvalue weighted by molar-refractivity contribution is -0.384. The van der Waals surface area contributed by atoms with Crippen LogP contribution in [0.15, 0.2) is 71.6 Å². The number of amides is 1. The van der Waals surface area contributed by atoms with Crippen molar-refractivity contribution >= 4 is 40.3 Å². The van der Waals surface area contributed by atoms with Crippen LogP contribution in [-0.2, 0) is 17.6 Å². The highest BCUT2D eigenvalue weighted by Gasteiger charge is 2.36. The fraction of sp³-hybridized carbons (Fsp3) is 0.120. The third-order valence-corrected chi connectivity index (χ3v) is 6.11. The van der Waals surface area contributed by atoms with Crippen molar-refractivity contribution in [2.24, 2.45) is 0 Å². The number of halogens is 3. The minimum atomic E-state index is -4.61. The number of nitrogens with one attached hydrogen (secondary N) is 1. The number of nitrogens with zero attached hydrogens (tertiary/aromatic N) is 2. The highest BCUT2D eigenvalue weighted by molar-refractivity contribution is 8.19. The largest absolute Gasteiger partial charge is 0.488 e. The van der Waals surface area contributed by atoms with E-state index in [0.717, 1.165) is 46.0 Å². The maximum Gasteiger partial charge on any atom is 0.416 e. The summed E-state index contributed by atoms with van der Waals surface area (Å²) in [6.07, 6.45) is -3.27. The highest BCUT2D eigenvalue weighted by Crippen LogP contribution is 2.39. The van der Waals surface area contributed by atoms with E-state index < -0.39 is 22.6 Å². The van der Waals surface area contributed by atoms with Crippen LogP contribution in [-0.4, -0.2) is 16.0 Å². The van der Waals surface area contributed by atoms with Crippen LogP contribution >= 0.6 is 11.8 Å². The molecule has 1 heterocycles. The number of aryl methyl sites for hydroxylation is 1. The van der Waals surface area contributed by atoms with Crippen molar-refractivity contribution in [3.8, 4) is 5.75 Å². The number of nitro groups is 1. The van der Waals surface area contributed by atoms with E-state index in [9.17, 15) is 28.1 Å². The number of nitro benzene ring substituents is 1. The first kappa shape index (κ1) is 25.0. The minimum absolute atomic E-state index is 0.0123. The zero-order valence-electron chi connectivity index (χ0n) is 18.7. The first-order chi connectivity index (χ1) is 17.0. The first-order valence-electron chi connectivity index (χ1n) is 10.5. The molecule has 3 aromatic rings. The fourth-order valence-electron chi connectivity index (χ4n) is 3.54. The Morgan fingerprint density at radius 3 is 2.56 bits per heavy atom. The van der Waals surface area contributed by atoms with Crippen molar-refractivity contribution in [1.29, 1.82) is 5.41 Å². The maximum absolute atomic E-state index is 13.1. The second-order valence-corrected chi connectivity index (χ2v) is 8.89. The summed E-state index contributed by atoms with van der Waals surface area (Å²) < 4.78 is 45.3. The molecule has 7 nitrogen and oxygen atoms in total. The Balaban J connectivity index is 1.66. The second-order valence-electron chi connectivity index (χ2n) is 7.86. The van der Waals surface area contributed by atoms with Gasteiger partial charge >= 0.3 is 6.18 Å². The van der Waals surface area contributed by atoms with Crippen LogP contribution in [0.3, 0.4) is 0 Å². The molecular formula is C25H18F3N3O4S. The number of alkyl halides is 3. The molecule has 11 heteroatoms. The summed E-state index contributed by atoms with van der Waals surface area (Å²) >= 11 is 0.738. The van der Waals surface area contributed by atoms with Crippen molar-refractivity contribution in [1.82, 2.24) is 0 Å². The summed E-state index contributed by atoms with van der Waals surface area (Å²) in [6.45, 7) is 2.10. The highest BCUT2D eigenvalue weighted by atomic mass is 32.2. The van der Waals surface area contributed by atoms with Gasteiger partial charge in [-0.05, 0) is 54.6 Å². The normalized spacial score (nSPS) is 15.0. The van der Waals surface area contributed by atoms with Crippen LogP contribution in [0.5, 0.6) is 5.75 Å². The zero-order valence-corrected chi connectivity index (χ0v) is 19.5. The molecule has 36 heavy (non-hydrogen) atoms. The lowest BCUT2D eigenvalue weighted by Crippen LogP contribution is -2.28. The van der Waals surface area contributed by atoms with Gasteiger partial charge < -0.3 is 4.74 Å². The molecule has 4 rings (SSSR count). The summed E-state index contributed by atoms with van der Waals surface area (Å²) in [5, 5.41) is 19.2. The van der Waals surface area contributed by atoms with Gasteiger partial charge in [-0.15, -0.1) is 0 Å². The molecule has 0 radical (unpaired) electrons. The summed E-state index contributed by atoms with van der Waals surface area (Å²) in [4.78, 5) is 24.7. The van der Waals surface area contributed by atoms with Crippen LogP contribution in [0.4, 0.5) is 24.5 Å². The molecule has 0 spiro atoms. The summed E-state index contributed by atoms with van der Waals surface area (Å²) in [5.74, 6) is -0.451. The number of benzene rings is 3. The van der Waals surface area contributed by atoms with E-state index in [1.807, 2.05) is 31.2 Å². The molecule has 0 aromatic heterocycles. The molecule has 0 unspecified atom stereocenters. The lowest BCUT2D eigenvalue weighted by Gasteiger charge is -2.16. The number of amidine groups is 1. The molecule has 1 amide bonds. The topological polar surface area (TPSA) is 96.5 Å². The number of ether oxygens (including phenoxy) is 1. The van der Waals surface area contributed by atoms with Crippen molar-refractivity contribution in [2.75, 3.05) is 4.90 Å². The van der Waals surface area contributed by atoms with E-state index in [0.29, 0.717) is 0 Å². The monoisotopic (exact) mass is 513 g/mol. The number of carbonyl (C=O) groups excluding carboxylic acids is 1. The van der Waals surface area contributed by atoms with E-state index in [1.165, 1.54) is 30.3 Å². The average Bonchev–Trinajstić information content (AvgIpc) is 3.10. The Morgan fingerprint density at radius 2 is 1.86 bits per heavy atom. The Labute approximate surface area is 207 Å². The number of carbonyl (C=O) groups is 1. The first-order valence-corrected chi connectivity index (χ1v) is 11.3. The van der Waals surface area contributed by atoms with Crippen molar-refractivity contribution in [2.45, 2.75) is 19.7 Å². The summed E-state index contributed by atoms with van der Waals surface area (Å²) in [5.41, 5.74) is 0.842. The molecule has 0 bridgehead atoms. The van der Waals surface area contributed by atoms with Gasteiger partial charge in [0.05, 0.1) is 21.1 Å². The predicted molar refractivity (Wildman–Crippen MR) is 131 cm³/mol. The minimum Gasteiger partial charge on any atom is -0.488 e. The number of hydrogen-bond acceptors (Lipinski definition) is 6. The number of thioether (sulfide) groups is 1. The van der Waals surface area contributed by atoms with E-state index in [1.54, 1.807) is 0 Å². The molecule has 1 aliphatic rings. The Bertz CT molecular complexity index is 1410. The molecular weight excluding hydrogens is 495 g/mol. The van der Waals surface area contributed by atoms with Crippen LogP contribution in [0.1, 0.15) is 22.3 Å². The van der Waals surface area contributed by atoms with E-state index in [2.05, 4.69) is 0 Å². The molecule has 1 N–H and O–H groups in total. The van der Waals surface area contributed by atoms with Crippen LogP contribution < -0.4 is 9.64 Å². The van der Waals surface area contributed by atoms with Crippen LogP contribution in [0.2, 0.25) is 0 Å². The molecule has 0 saturated carbocycles. The second kappa shape index (κ2) is 9.86. The standard InChI is InChI=1S/C25H18F3N3O4S/c1-15-4-2-5-16(10-15)14-35-21-9-8-20(31(33)34)11-17(21)12-22-23(32)30(24(29)36-22)19-7-3-6-18(13-19)25(26,27)28/h2-13,29H,14H2,1H3/b22-12-,29-24?. The lowest BCUT2D eigenvalue weighted by atomic mass is 10.1. The third kappa shape index (κ3) is 5.41. The molecule has 3 aromatic carbocycles. The van der Waals surface area contributed by atoms with Gasteiger partial charge in [-0.3, -0.25) is 25.2 Å². The van der Waals surface area contributed by atoms with Gasteiger partial charge in [-0.1, -0.05) is 35.9 Å². The number of rotatable bonds is 6. The molecule has 0 aliphatic carbocycles.